The van der Waals surface area contributed by atoms with Crippen molar-refractivity contribution in [2.24, 2.45) is 11.3 Å². The zero-order valence-corrected chi connectivity index (χ0v) is 15.0. The first-order valence-electron chi connectivity index (χ1n) is 8.55. The molecule has 1 aliphatic heterocycles. The van der Waals surface area contributed by atoms with E-state index < -0.39 is 0 Å². The van der Waals surface area contributed by atoms with Crippen molar-refractivity contribution < 1.29 is 4.79 Å². The summed E-state index contributed by atoms with van der Waals surface area (Å²) in [7, 11) is 4.27. The van der Waals surface area contributed by atoms with Gasteiger partial charge >= 0.3 is 0 Å². The molecule has 1 aromatic rings. The molecule has 1 fully saturated rings. The number of carbonyl (C=O) groups excluding carboxylic acids is 1. The predicted molar refractivity (Wildman–Crippen MR) is 97.1 cm³/mol. The summed E-state index contributed by atoms with van der Waals surface area (Å²) in [6.07, 6.45) is 5.82. The minimum absolute atomic E-state index is 0.137. The van der Waals surface area contributed by atoms with Crippen LogP contribution in [0.1, 0.15) is 32.3 Å². The van der Waals surface area contributed by atoms with E-state index in [0.717, 1.165) is 38.0 Å². The van der Waals surface area contributed by atoms with Crippen LogP contribution in [0.5, 0.6) is 0 Å². The molecular weight excluding hydrogens is 284 g/mol. The molecule has 0 N–H and O–H groups in total. The Balaban J connectivity index is 1.86. The molecule has 3 nitrogen and oxygen atoms in total. The molecule has 1 aliphatic rings. The topological polar surface area (TPSA) is 23.6 Å². The average Bonchev–Trinajstić information content (AvgIpc) is 2.52. The van der Waals surface area contributed by atoms with E-state index in [-0.39, 0.29) is 5.91 Å². The molecule has 0 aromatic heterocycles. The van der Waals surface area contributed by atoms with Gasteiger partial charge in [-0.3, -0.25) is 4.79 Å². The van der Waals surface area contributed by atoms with Crippen molar-refractivity contribution in [3.8, 4) is 0 Å². The second-order valence-corrected chi connectivity index (χ2v) is 7.57. The molecular formula is C20H30N2O. The first-order valence-corrected chi connectivity index (χ1v) is 8.55. The smallest absolute Gasteiger partial charge is 0.246 e. The van der Waals surface area contributed by atoms with Crippen LogP contribution in [-0.2, 0) is 4.79 Å². The second-order valence-electron chi connectivity index (χ2n) is 7.57. The Hall–Kier alpha value is -1.61. The first-order chi connectivity index (χ1) is 10.9. The van der Waals surface area contributed by atoms with Gasteiger partial charge in [-0.1, -0.05) is 44.2 Å². The normalized spacial score (nSPS) is 17.2. The van der Waals surface area contributed by atoms with Crippen molar-refractivity contribution in [2.45, 2.75) is 26.7 Å². The third-order valence-corrected chi connectivity index (χ3v) is 4.85. The largest absolute Gasteiger partial charge is 0.339 e. The third kappa shape index (κ3) is 5.21. The first kappa shape index (κ1) is 17.7. The van der Waals surface area contributed by atoms with Gasteiger partial charge in [0.15, 0.2) is 0 Å². The molecule has 1 amide bonds. The zero-order valence-electron chi connectivity index (χ0n) is 15.0. The van der Waals surface area contributed by atoms with Crippen LogP contribution >= 0.6 is 0 Å². The van der Waals surface area contributed by atoms with Crippen LogP contribution in [0.3, 0.4) is 0 Å². The summed E-state index contributed by atoms with van der Waals surface area (Å²) in [5.74, 6) is 0.824. The number of benzene rings is 1. The lowest BCUT2D eigenvalue weighted by molar-refractivity contribution is -0.127. The Bertz CT molecular complexity index is 526. The standard InChI is InChI=1S/C20H30N2O/c1-20(2,16-21(3)4)18-12-14-22(15-13-18)19(23)11-10-17-8-6-5-7-9-17/h5-11,18H,12-16H2,1-4H3. The fourth-order valence-corrected chi connectivity index (χ4v) is 3.66. The van der Waals surface area contributed by atoms with Crippen LogP contribution in [0.4, 0.5) is 0 Å². The van der Waals surface area contributed by atoms with Gasteiger partial charge in [-0.05, 0) is 49.9 Å². The van der Waals surface area contributed by atoms with Gasteiger partial charge in [-0.25, -0.2) is 0 Å². The van der Waals surface area contributed by atoms with Gasteiger partial charge in [0.1, 0.15) is 0 Å². The van der Waals surface area contributed by atoms with Gasteiger partial charge < -0.3 is 9.80 Å². The maximum Gasteiger partial charge on any atom is 0.246 e. The molecule has 1 aromatic carbocycles. The van der Waals surface area contributed by atoms with Crippen LogP contribution in [0, 0.1) is 11.3 Å². The number of nitrogens with zero attached hydrogens (tertiary/aromatic N) is 2. The van der Waals surface area contributed by atoms with Crippen LogP contribution in [0.15, 0.2) is 36.4 Å². The molecule has 2 rings (SSSR count). The van der Waals surface area contributed by atoms with E-state index >= 15 is 0 Å². The number of hydrogen-bond donors (Lipinski definition) is 0. The van der Waals surface area contributed by atoms with Crippen molar-refractivity contribution in [1.29, 1.82) is 0 Å². The SMILES string of the molecule is CN(C)CC(C)(C)C1CCN(C(=O)C=Cc2ccccc2)CC1. The Labute approximate surface area is 141 Å². The number of likely N-dealkylation sites (tertiary alicyclic amines) is 1. The minimum atomic E-state index is 0.137. The van der Waals surface area contributed by atoms with Crippen LogP contribution < -0.4 is 0 Å². The second kappa shape index (κ2) is 7.78. The van der Waals surface area contributed by atoms with E-state index in [9.17, 15) is 4.79 Å². The van der Waals surface area contributed by atoms with Gasteiger partial charge in [0.05, 0.1) is 0 Å². The van der Waals surface area contributed by atoms with Crippen molar-refractivity contribution in [1.82, 2.24) is 9.80 Å². The van der Waals surface area contributed by atoms with Crippen LogP contribution in [0.25, 0.3) is 6.08 Å². The maximum atomic E-state index is 12.3. The zero-order chi connectivity index (χ0) is 16.9. The van der Waals surface area contributed by atoms with Crippen molar-refractivity contribution in [3.63, 3.8) is 0 Å². The lowest BCUT2D eigenvalue weighted by Crippen LogP contribution is -2.44. The Morgan fingerprint density at radius 1 is 1.22 bits per heavy atom. The van der Waals surface area contributed by atoms with Crippen molar-refractivity contribution in [3.05, 3.63) is 42.0 Å². The number of rotatable bonds is 5. The van der Waals surface area contributed by atoms with Gasteiger partial charge in [-0.2, -0.15) is 0 Å². The molecule has 0 atom stereocenters. The fraction of sp³-hybridized carbons (Fsp3) is 0.550. The molecule has 1 saturated heterocycles. The summed E-state index contributed by atoms with van der Waals surface area (Å²) in [5.41, 5.74) is 1.38. The molecule has 0 spiro atoms. The molecule has 126 valence electrons. The van der Waals surface area contributed by atoms with E-state index in [2.05, 4.69) is 32.8 Å². The van der Waals surface area contributed by atoms with Gasteiger partial charge in [0, 0.05) is 25.7 Å². The summed E-state index contributed by atoms with van der Waals surface area (Å²) in [5, 5.41) is 0. The van der Waals surface area contributed by atoms with E-state index in [1.165, 1.54) is 0 Å². The van der Waals surface area contributed by atoms with E-state index in [0.29, 0.717) is 11.3 Å². The van der Waals surface area contributed by atoms with Gasteiger partial charge in [0.25, 0.3) is 0 Å². The fourth-order valence-electron chi connectivity index (χ4n) is 3.66. The summed E-state index contributed by atoms with van der Waals surface area (Å²) in [6.45, 7) is 7.55. The number of hydrogen-bond acceptors (Lipinski definition) is 2. The molecule has 0 radical (unpaired) electrons. The van der Waals surface area contributed by atoms with Crippen molar-refractivity contribution in [2.75, 3.05) is 33.7 Å². The lowest BCUT2D eigenvalue weighted by Gasteiger charge is -2.41. The Morgan fingerprint density at radius 3 is 2.39 bits per heavy atom. The Kier molecular flexibility index (Phi) is 6.00. The number of piperidine rings is 1. The number of carbonyl (C=O) groups is 1. The highest BCUT2D eigenvalue weighted by Gasteiger charge is 2.33. The summed E-state index contributed by atoms with van der Waals surface area (Å²) >= 11 is 0. The maximum absolute atomic E-state index is 12.3. The van der Waals surface area contributed by atoms with E-state index in [4.69, 9.17) is 0 Å². The van der Waals surface area contributed by atoms with Crippen molar-refractivity contribution >= 4 is 12.0 Å². The molecule has 3 heteroatoms. The van der Waals surface area contributed by atoms with E-state index in [1.54, 1.807) is 6.08 Å². The molecule has 0 saturated carbocycles. The highest BCUT2D eigenvalue weighted by Crippen LogP contribution is 2.35. The van der Waals surface area contributed by atoms with E-state index in [1.807, 2.05) is 41.3 Å². The third-order valence-electron chi connectivity index (χ3n) is 4.85. The van der Waals surface area contributed by atoms with Crippen LogP contribution in [0.2, 0.25) is 0 Å². The Morgan fingerprint density at radius 2 is 1.83 bits per heavy atom. The molecule has 0 aliphatic carbocycles. The minimum Gasteiger partial charge on any atom is -0.339 e. The predicted octanol–water partition coefficient (Wildman–Crippen LogP) is 3.53. The quantitative estimate of drug-likeness (QED) is 0.776. The van der Waals surface area contributed by atoms with Gasteiger partial charge in [0.2, 0.25) is 5.91 Å². The monoisotopic (exact) mass is 314 g/mol. The molecule has 1 heterocycles. The summed E-state index contributed by atoms with van der Waals surface area (Å²) in [4.78, 5) is 16.6. The highest BCUT2D eigenvalue weighted by atomic mass is 16.2. The molecule has 23 heavy (non-hydrogen) atoms. The molecule has 0 bridgehead atoms. The summed E-state index contributed by atoms with van der Waals surface area (Å²) < 4.78 is 0. The summed E-state index contributed by atoms with van der Waals surface area (Å²) in [6, 6.07) is 9.99. The van der Waals surface area contributed by atoms with Crippen LogP contribution in [-0.4, -0.2) is 49.4 Å². The molecule has 0 unspecified atom stereocenters. The lowest BCUT2D eigenvalue weighted by atomic mass is 9.73. The van der Waals surface area contributed by atoms with Gasteiger partial charge in [-0.15, -0.1) is 0 Å². The highest BCUT2D eigenvalue weighted by molar-refractivity contribution is 5.91. The number of amides is 1. The average molecular weight is 314 g/mol.